The van der Waals surface area contributed by atoms with Gasteiger partial charge in [0.2, 0.25) is 0 Å². The van der Waals surface area contributed by atoms with Crippen LogP contribution in [0.25, 0.3) is 22.5 Å². The van der Waals surface area contributed by atoms with Crippen LogP contribution in [0.15, 0.2) is 60.7 Å². The number of benzene rings is 2. The van der Waals surface area contributed by atoms with Crippen molar-refractivity contribution in [3.63, 3.8) is 0 Å². The number of pyridine rings is 2. The molecular formula is C28H27BF2N2NaO2. The van der Waals surface area contributed by atoms with E-state index in [0.29, 0.717) is 17.7 Å². The van der Waals surface area contributed by atoms with E-state index in [1.807, 2.05) is 64.1 Å². The zero-order valence-electron chi connectivity index (χ0n) is 22.1. The van der Waals surface area contributed by atoms with Crippen LogP contribution < -0.4 is 29.6 Å². The summed E-state index contributed by atoms with van der Waals surface area (Å²) in [7, 11) is 0. The molecule has 0 saturated heterocycles. The van der Waals surface area contributed by atoms with Crippen molar-refractivity contribution in [1.29, 1.82) is 0 Å². The summed E-state index contributed by atoms with van der Waals surface area (Å²) < 4.78 is 26.5. The van der Waals surface area contributed by atoms with E-state index < -0.39 is 11.6 Å². The van der Waals surface area contributed by atoms with E-state index in [0.717, 1.165) is 33.4 Å². The van der Waals surface area contributed by atoms with Crippen LogP contribution >= 0.6 is 0 Å². The summed E-state index contributed by atoms with van der Waals surface area (Å²) in [4.78, 5) is 18.9. The number of hydrogen-bond acceptors (Lipinski definition) is 4. The molecule has 2 heterocycles. The molecule has 0 spiro atoms. The van der Waals surface area contributed by atoms with Crippen LogP contribution in [-0.4, -0.2) is 29.8 Å². The van der Waals surface area contributed by atoms with E-state index in [1.54, 1.807) is 12.1 Å². The van der Waals surface area contributed by atoms with Gasteiger partial charge in [0.1, 0.15) is 17.2 Å². The third-order valence-electron chi connectivity index (χ3n) is 5.53. The number of aromatic nitrogens is 2. The molecule has 0 saturated carbocycles. The molecule has 0 fully saturated rings. The summed E-state index contributed by atoms with van der Waals surface area (Å²) >= 11 is 0. The van der Waals surface area contributed by atoms with Crippen LogP contribution in [0.5, 0.6) is 0 Å². The number of carbonyl (C=O) groups excluding carboxylic acids is 1. The van der Waals surface area contributed by atoms with Gasteiger partial charge >= 0.3 is 29.6 Å². The van der Waals surface area contributed by atoms with Crippen LogP contribution in [0, 0.1) is 39.3 Å². The first kappa shape index (κ1) is 31.3. The van der Waals surface area contributed by atoms with Gasteiger partial charge in [0.05, 0.1) is 18.0 Å². The zero-order chi connectivity index (χ0) is 24.8. The number of carbonyl (C=O) groups is 1. The van der Waals surface area contributed by atoms with Crippen molar-refractivity contribution in [3.8, 4) is 22.5 Å². The van der Waals surface area contributed by atoms with Crippen molar-refractivity contribution in [1.82, 2.24) is 9.97 Å². The topological polar surface area (TPSA) is 63.1 Å². The molecule has 4 rings (SSSR count). The predicted molar refractivity (Wildman–Crippen MR) is 136 cm³/mol. The van der Waals surface area contributed by atoms with Crippen molar-refractivity contribution in [3.05, 3.63) is 106 Å². The number of hydrogen-bond donors (Lipinski definition) is 1. The van der Waals surface area contributed by atoms with Gasteiger partial charge in [0.25, 0.3) is 0 Å². The minimum Gasteiger partial charge on any atom is -1.00 e. The maximum atomic E-state index is 13.3. The van der Waals surface area contributed by atoms with E-state index in [2.05, 4.69) is 9.97 Å². The molecule has 0 unspecified atom stereocenters. The monoisotopic (exact) mass is 495 g/mol. The second-order valence-corrected chi connectivity index (χ2v) is 8.00. The molecule has 8 heteroatoms. The first-order valence-electron chi connectivity index (χ1n) is 10.8. The number of aliphatic hydroxyl groups is 1. The van der Waals surface area contributed by atoms with Gasteiger partial charge in [-0.2, -0.15) is 0 Å². The Hall–Kier alpha value is -2.71. The Morgan fingerprint density at radius 2 is 1.17 bits per heavy atom. The smallest absolute Gasteiger partial charge is 1.00 e. The fraction of sp³-hybridized carbons (Fsp3) is 0.179. The largest absolute Gasteiger partial charge is 1.00 e. The van der Waals surface area contributed by atoms with Gasteiger partial charge in [0.15, 0.2) is 12.1 Å². The number of aliphatic hydroxyl groups excluding tert-OH is 1. The minimum atomic E-state index is -0.588. The van der Waals surface area contributed by atoms with E-state index in [1.165, 1.54) is 12.1 Å². The Morgan fingerprint density at radius 3 is 1.58 bits per heavy atom. The average molecular weight is 495 g/mol. The Bertz CT molecular complexity index is 1320. The maximum Gasteiger partial charge on any atom is 1.00 e. The van der Waals surface area contributed by atoms with Crippen LogP contribution in [0.3, 0.4) is 0 Å². The molecule has 0 atom stereocenters. The van der Waals surface area contributed by atoms with Gasteiger partial charge in [-0.05, 0) is 74.2 Å². The van der Waals surface area contributed by atoms with Crippen LogP contribution in [0.2, 0.25) is 0 Å². The summed E-state index contributed by atoms with van der Waals surface area (Å²) in [6, 6.07) is 17.7. The molecule has 0 aliphatic rings. The zero-order valence-corrected chi connectivity index (χ0v) is 23.1. The fourth-order valence-corrected chi connectivity index (χ4v) is 3.85. The molecule has 1 N–H and O–H groups in total. The fourth-order valence-electron chi connectivity index (χ4n) is 3.85. The molecule has 0 amide bonds. The molecule has 36 heavy (non-hydrogen) atoms. The molecule has 2 aromatic carbocycles. The Kier molecular flexibility index (Phi) is 12.3. The molecule has 4 aromatic rings. The third-order valence-corrected chi connectivity index (χ3v) is 5.53. The van der Waals surface area contributed by atoms with Crippen molar-refractivity contribution in [2.45, 2.75) is 34.3 Å². The van der Waals surface area contributed by atoms with Crippen molar-refractivity contribution in [2.75, 3.05) is 0 Å². The molecule has 4 nitrogen and oxygen atoms in total. The molecule has 2 aromatic heterocycles. The first-order valence-corrected chi connectivity index (χ1v) is 10.8. The first-order chi connectivity index (χ1) is 16.3. The van der Waals surface area contributed by atoms with Crippen LogP contribution in [-0.2, 0) is 6.61 Å². The minimum absolute atomic E-state index is 0. The van der Waals surface area contributed by atoms with Gasteiger partial charge in [-0.25, -0.2) is 18.7 Å². The van der Waals surface area contributed by atoms with E-state index in [9.17, 15) is 13.6 Å². The van der Waals surface area contributed by atoms with Crippen molar-refractivity contribution >= 4 is 14.7 Å². The molecule has 179 valence electrons. The van der Waals surface area contributed by atoms with Gasteiger partial charge < -0.3 is 6.53 Å². The van der Waals surface area contributed by atoms with E-state index in [-0.39, 0.29) is 57.4 Å². The second-order valence-electron chi connectivity index (χ2n) is 8.00. The van der Waals surface area contributed by atoms with E-state index >= 15 is 0 Å². The van der Waals surface area contributed by atoms with Gasteiger partial charge in [-0.3, -0.25) is 4.79 Å². The van der Waals surface area contributed by atoms with Gasteiger partial charge in [0, 0.05) is 19.5 Å². The predicted octanol–water partition coefficient (Wildman–Crippen LogP) is 3.05. The number of nitrogens with zero attached hydrogens (tertiary/aromatic N) is 2. The molecule has 0 bridgehead atoms. The number of aldehydes is 1. The third kappa shape index (κ3) is 7.17. The summed E-state index contributed by atoms with van der Waals surface area (Å²) in [6.07, 6.45) is 0.437. The standard InChI is InChI=1S/C14H14FNO.C14H12FNO.B.Na.H/c2*1-9-4-3-5-10(2)14(9)12-7-6-11(15)13(8-17)16-12;;;/h3-7,17H,8H2,1-2H3;3-8H,1-2H3;;;/q;;;+1;-1. The normalized spacial score (nSPS) is 9.86. The summed E-state index contributed by atoms with van der Waals surface area (Å²) in [5.41, 5.74) is 7.52. The molecule has 0 aliphatic heterocycles. The Balaban J connectivity index is 0.000000648. The van der Waals surface area contributed by atoms with Gasteiger partial charge in [-0.1, -0.05) is 36.4 Å². The number of halogens is 2. The SMILES string of the molecule is Cc1cccc(C)c1-c1ccc(F)c(C=O)n1.Cc1cccc(C)c1-c1ccc(F)c(CO)n1.[B].[H-].[Na+]. The maximum absolute atomic E-state index is 13.3. The molecular weight excluding hydrogens is 468 g/mol. The quantitative estimate of drug-likeness (QED) is 0.349. The summed E-state index contributed by atoms with van der Waals surface area (Å²) in [5.74, 6) is -1.06. The van der Waals surface area contributed by atoms with Crippen molar-refractivity contribution < 1.29 is 49.7 Å². The van der Waals surface area contributed by atoms with E-state index in [4.69, 9.17) is 5.11 Å². The Morgan fingerprint density at radius 1 is 0.750 bits per heavy atom. The average Bonchev–Trinajstić information content (AvgIpc) is 2.81. The Labute approximate surface area is 236 Å². The summed E-state index contributed by atoms with van der Waals surface area (Å²) in [5, 5.41) is 9.03. The molecule has 0 aliphatic carbocycles. The number of rotatable bonds is 4. The van der Waals surface area contributed by atoms with Crippen molar-refractivity contribution in [2.24, 2.45) is 0 Å². The van der Waals surface area contributed by atoms with Gasteiger partial charge in [-0.15, -0.1) is 0 Å². The molecule has 3 radical (unpaired) electrons. The summed E-state index contributed by atoms with van der Waals surface area (Å²) in [6.45, 7) is 7.53. The number of aryl methyl sites for hydroxylation is 4. The van der Waals surface area contributed by atoms with Crippen LogP contribution in [0.1, 0.15) is 39.9 Å². The van der Waals surface area contributed by atoms with Crippen LogP contribution in [0.4, 0.5) is 8.78 Å². The second kappa shape index (κ2) is 14.1.